The number of rotatable bonds is 6. The zero-order valence-corrected chi connectivity index (χ0v) is 15.0. The number of carboxylic acids is 1. The highest BCUT2D eigenvalue weighted by molar-refractivity contribution is 5.96. The summed E-state index contributed by atoms with van der Waals surface area (Å²) in [5.41, 5.74) is 12.7. The Bertz CT molecular complexity index is 812. The van der Waals surface area contributed by atoms with E-state index in [9.17, 15) is 9.59 Å². The van der Waals surface area contributed by atoms with Gasteiger partial charge < -0.3 is 26.3 Å². The van der Waals surface area contributed by atoms with Crippen LogP contribution in [0.3, 0.4) is 0 Å². The van der Waals surface area contributed by atoms with Gasteiger partial charge in [0.25, 0.3) is 5.97 Å². The van der Waals surface area contributed by atoms with Gasteiger partial charge in [-0.15, -0.1) is 0 Å². The number of fused-ring (bicyclic) bond motifs is 1. The summed E-state index contributed by atoms with van der Waals surface area (Å²) in [6.07, 6.45) is 2.25. The number of aliphatic carboxylic acids is 1. The van der Waals surface area contributed by atoms with Crippen LogP contribution in [0.15, 0.2) is 33.5 Å². The average molecular weight is 363 g/mol. The fraction of sp³-hybridized carbons (Fsp3) is 0.389. The summed E-state index contributed by atoms with van der Waals surface area (Å²) >= 11 is 0. The molecule has 1 heterocycles. The molecule has 2 rings (SSSR count). The van der Waals surface area contributed by atoms with Crippen molar-refractivity contribution in [2.24, 2.45) is 11.5 Å². The highest BCUT2D eigenvalue weighted by Crippen LogP contribution is 2.20. The van der Waals surface area contributed by atoms with Gasteiger partial charge in [0.2, 0.25) is 5.91 Å². The second-order valence-corrected chi connectivity index (χ2v) is 5.86. The van der Waals surface area contributed by atoms with Crippen molar-refractivity contribution in [3.05, 3.63) is 40.2 Å². The van der Waals surface area contributed by atoms with Crippen molar-refractivity contribution >= 4 is 28.5 Å². The van der Waals surface area contributed by atoms with Crippen molar-refractivity contribution in [2.45, 2.75) is 39.2 Å². The van der Waals surface area contributed by atoms with E-state index in [-0.39, 0.29) is 5.91 Å². The van der Waals surface area contributed by atoms with Gasteiger partial charge in [-0.3, -0.25) is 9.59 Å². The van der Waals surface area contributed by atoms with E-state index in [1.54, 1.807) is 12.1 Å². The maximum absolute atomic E-state index is 12.0. The predicted octanol–water partition coefficient (Wildman–Crippen LogP) is 1.59. The summed E-state index contributed by atoms with van der Waals surface area (Å²) in [4.78, 5) is 32.4. The molecule has 8 heteroatoms. The number of hydrogen-bond donors (Lipinski definition) is 4. The first-order valence-electron chi connectivity index (χ1n) is 8.25. The Balaban J connectivity index is 0.000000765. The van der Waals surface area contributed by atoms with Gasteiger partial charge in [-0.05, 0) is 44.0 Å². The molecule has 0 aliphatic rings. The number of benzene rings is 1. The smallest absolute Gasteiger partial charge is 0.336 e. The molecule has 1 unspecified atom stereocenters. The Kier molecular flexibility index (Phi) is 8.47. The van der Waals surface area contributed by atoms with Crippen LogP contribution in [0, 0.1) is 6.92 Å². The minimum atomic E-state index is -0.833. The number of nitrogens with one attached hydrogen (secondary N) is 1. The summed E-state index contributed by atoms with van der Waals surface area (Å²) < 4.78 is 5.15. The number of anilines is 1. The number of amides is 1. The fourth-order valence-electron chi connectivity index (χ4n) is 2.28. The van der Waals surface area contributed by atoms with E-state index in [0.717, 1.165) is 30.7 Å². The molecule has 6 N–H and O–H groups in total. The van der Waals surface area contributed by atoms with E-state index in [0.29, 0.717) is 24.2 Å². The molecule has 1 amide bonds. The number of carboxylic acid groups (broad SMARTS) is 1. The Morgan fingerprint density at radius 3 is 2.54 bits per heavy atom. The van der Waals surface area contributed by atoms with Crippen LogP contribution in [0.2, 0.25) is 0 Å². The molecule has 1 atom stereocenters. The van der Waals surface area contributed by atoms with Gasteiger partial charge >= 0.3 is 5.63 Å². The summed E-state index contributed by atoms with van der Waals surface area (Å²) in [7, 11) is 0. The second kappa shape index (κ2) is 10.3. The molecular formula is C18H25N3O5. The molecule has 26 heavy (non-hydrogen) atoms. The molecule has 2 aromatic rings. The number of aryl methyl sites for hydroxylation is 1. The Morgan fingerprint density at radius 2 is 1.92 bits per heavy atom. The highest BCUT2D eigenvalue weighted by Gasteiger charge is 2.13. The Labute approximate surface area is 151 Å². The van der Waals surface area contributed by atoms with Gasteiger partial charge in [0, 0.05) is 30.1 Å². The highest BCUT2D eigenvalue weighted by atomic mass is 16.4. The van der Waals surface area contributed by atoms with E-state index in [2.05, 4.69) is 5.32 Å². The molecular weight excluding hydrogens is 338 g/mol. The van der Waals surface area contributed by atoms with Crippen LogP contribution < -0.4 is 22.4 Å². The first-order valence-corrected chi connectivity index (χ1v) is 8.25. The van der Waals surface area contributed by atoms with Crippen LogP contribution in [0.1, 0.15) is 31.7 Å². The predicted molar refractivity (Wildman–Crippen MR) is 100 cm³/mol. The molecule has 0 spiro atoms. The van der Waals surface area contributed by atoms with Crippen LogP contribution >= 0.6 is 0 Å². The number of unbranched alkanes of at least 4 members (excludes halogenated alkanes) is 1. The van der Waals surface area contributed by atoms with Gasteiger partial charge in [0.15, 0.2) is 0 Å². The van der Waals surface area contributed by atoms with E-state index >= 15 is 0 Å². The Morgan fingerprint density at radius 1 is 1.27 bits per heavy atom. The summed E-state index contributed by atoms with van der Waals surface area (Å²) in [6, 6.07) is 6.07. The van der Waals surface area contributed by atoms with Gasteiger partial charge in [-0.2, -0.15) is 0 Å². The summed E-state index contributed by atoms with van der Waals surface area (Å²) in [5.74, 6) is -1.09. The van der Waals surface area contributed by atoms with Crippen molar-refractivity contribution < 1.29 is 19.1 Å². The second-order valence-electron chi connectivity index (χ2n) is 5.86. The molecule has 0 fully saturated rings. The molecule has 0 radical (unpaired) electrons. The Hall–Kier alpha value is -2.71. The van der Waals surface area contributed by atoms with E-state index in [1.807, 2.05) is 13.0 Å². The monoisotopic (exact) mass is 363 g/mol. The maximum Gasteiger partial charge on any atom is 0.336 e. The van der Waals surface area contributed by atoms with Crippen molar-refractivity contribution in [3.8, 4) is 0 Å². The topological polar surface area (TPSA) is 149 Å². The zero-order chi connectivity index (χ0) is 19.7. The minimum Gasteiger partial charge on any atom is -0.481 e. The zero-order valence-electron chi connectivity index (χ0n) is 15.0. The first kappa shape index (κ1) is 21.3. The molecule has 1 aromatic heterocycles. The number of carbonyl (C=O) groups excluding carboxylic acids is 1. The van der Waals surface area contributed by atoms with Gasteiger partial charge in [-0.25, -0.2) is 4.79 Å². The van der Waals surface area contributed by atoms with Crippen molar-refractivity contribution in [3.63, 3.8) is 0 Å². The van der Waals surface area contributed by atoms with E-state index < -0.39 is 17.6 Å². The van der Waals surface area contributed by atoms with Gasteiger partial charge in [-0.1, -0.05) is 6.42 Å². The third-order valence-electron chi connectivity index (χ3n) is 3.52. The number of nitrogens with two attached hydrogens (primary N) is 2. The van der Waals surface area contributed by atoms with E-state index in [4.69, 9.17) is 25.8 Å². The minimum absolute atomic E-state index is 0.258. The molecule has 142 valence electrons. The maximum atomic E-state index is 12.0. The average Bonchev–Trinajstić information content (AvgIpc) is 2.53. The standard InChI is InChI=1S/C16H21N3O3.C2H4O2/c1-10-8-15(20)22-14-9-11(5-6-12(10)14)19-16(21)13(18)4-2-3-7-17;1-2(3)4/h5-6,8-9,13H,2-4,7,17-18H2,1H3,(H,19,21);1H3,(H,3,4). The quantitative estimate of drug-likeness (QED) is 0.450. The van der Waals surface area contributed by atoms with Crippen LogP contribution in [-0.2, 0) is 9.59 Å². The van der Waals surface area contributed by atoms with Crippen molar-refractivity contribution in [1.29, 1.82) is 0 Å². The lowest BCUT2D eigenvalue weighted by atomic mass is 10.1. The number of hydrogen-bond acceptors (Lipinski definition) is 6. The molecule has 8 nitrogen and oxygen atoms in total. The van der Waals surface area contributed by atoms with Gasteiger partial charge in [0.1, 0.15) is 5.58 Å². The summed E-state index contributed by atoms with van der Waals surface area (Å²) in [6.45, 7) is 3.52. The third kappa shape index (κ3) is 7.04. The molecule has 0 aliphatic heterocycles. The molecule has 1 aromatic carbocycles. The lowest BCUT2D eigenvalue weighted by molar-refractivity contribution is -0.134. The molecule has 0 saturated carbocycles. The fourth-order valence-corrected chi connectivity index (χ4v) is 2.28. The SMILES string of the molecule is CC(=O)O.Cc1cc(=O)oc2cc(NC(=O)C(N)CCCCN)ccc12. The first-order chi connectivity index (χ1) is 12.2. The lowest BCUT2D eigenvalue weighted by Crippen LogP contribution is -2.35. The lowest BCUT2D eigenvalue weighted by Gasteiger charge is -2.12. The molecule has 0 saturated heterocycles. The largest absolute Gasteiger partial charge is 0.481 e. The van der Waals surface area contributed by atoms with Crippen LogP contribution in [0.4, 0.5) is 5.69 Å². The number of carbonyl (C=O) groups is 2. The van der Waals surface area contributed by atoms with Crippen molar-refractivity contribution in [2.75, 3.05) is 11.9 Å². The van der Waals surface area contributed by atoms with Crippen LogP contribution in [0.25, 0.3) is 11.0 Å². The third-order valence-corrected chi connectivity index (χ3v) is 3.52. The summed E-state index contributed by atoms with van der Waals surface area (Å²) in [5, 5.41) is 11.0. The van der Waals surface area contributed by atoms with Crippen molar-refractivity contribution in [1.82, 2.24) is 0 Å². The van der Waals surface area contributed by atoms with E-state index in [1.165, 1.54) is 6.07 Å². The molecule has 0 bridgehead atoms. The molecule has 0 aliphatic carbocycles. The van der Waals surface area contributed by atoms with Crippen LogP contribution in [-0.4, -0.2) is 29.6 Å². The van der Waals surface area contributed by atoms with Gasteiger partial charge in [0.05, 0.1) is 6.04 Å². The van der Waals surface area contributed by atoms with Crippen LogP contribution in [0.5, 0.6) is 0 Å². The normalized spacial score (nSPS) is 11.4.